The lowest BCUT2D eigenvalue weighted by Gasteiger charge is -2.17. The average molecular weight is 298 g/mol. The van der Waals surface area contributed by atoms with E-state index < -0.39 is 0 Å². The van der Waals surface area contributed by atoms with Gasteiger partial charge < -0.3 is 5.32 Å². The topological polar surface area (TPSA) is 29.1 Å². The van der Waals surface area contributed by atoms with E-state index in [1.54, 1.807) is 0 Å². The largest absolute Gasteiger partial charge is 0.356 e. The molecule has 1 atom stereocenters. The molecule has 0 aromatic carbocycles. The van der Waals surface area contributed by atoms with E-state index in [4.69, 9.17) is 0 Å². The Bertz CT molecular complexity index is 238. The van der Waals surface area contributed by atoms with Crippen LogP contribution in [0, 0.1) is 11.8 Å². The number of hydrogen-bond acceptors (Lipinski definition) is 1. The highest BCUT2D eigenvalue weighted by Gasteiger charge is 2.10. The smallest absolute Gasteiger partial charge is 0.220 e. The predicted octanol–water partition coefficient (Wildman–Crippen LogP) is 5.71. The van der Waals surface area contributed by atoms with Crippen LogP contribution in [0.25, 0.3) is 0 Å². The molecule has 0 fully saturated rings. The van der Waals surface area contributed by atoms with Gasteiger partial charge in [0, 0.05) is 13.0 Å². The third kappa shape index (κ3) is 14.2. The van der Waals surface area contributed by atoms with E-state index in [0.29, 0.717) is 12.3 Å². The van der Waals surface area contributed by atoms with Crippen LogP contribution in [0.2, 0.25) is 0 Å². The molecule has 0 saturated carbocycles. The van der Waals surface area contributed by atoms with Crippen molar-refractivity contribution in [1.82, 2.24) is 5.32 Å². The predicted molar refractivity (Wildman–Crippen MR) is 93.5 cm³/mol. The molecule has 2 nitrogen and oxygen atoms in total. The quantitative estimate of drug-likeness (QED) is 0.409. The first-order valence-corrected chi connectivity index (χ1v) is 9.36. The van der Waals surface area contributed by atoms with Crippen LogP contribution in [-0.4, -0.2) is 12.5 Å². The number of nitrogens with one attached hydrogen (secondary N) is 1. The van der Waals surface area contributed by atoms with Gasteiger partial charge in [-0.05, 0) is 24.7 Å². The van der Waals surface area contributed by atoms with Gasteiger partial charge in [-0.2, -0.15) is 0 Å². The number of carbonyl (C=O) groups is 1. The Balaban J connectivity index is 3.45. The van der Waals surface area contributed by atoms with Crippen molar-refractivity contribution >= 4 is 5.91 Å². The molecule has 1 amide bonds. The Morgan fingerprint density at radius 2 is 1.48 bits per heavy atom. The number of hydrogen-bond donors (Lipinski definition) is 1. The van der Waals surface area contributed by atoms with Gasteiger partial charge in [0.1, 0.15) is 0 Å². The number of rotatable bonds is 14. The highest BCUT2D eigenvalue weighted by molar-refractivity contribution is 5.75. The molecule has 2 heteroatoms. The molecule has 1 N–H and O–H groups in total. The minimum Gasteiger partial charge on any atom is -0.356 e. The molecule has 21 heavy (non-hydrogen) atoms. The third-order valence-corrected chi connectivity index (χ3v) is 4.23. The van der Waals surface area contributed by atoms with Gasteiger partial charge in [-0.15, -0.1) is 0 Å². The van der Waals surface area contributed by atoms with Gasteiger partial charge >= 0.3 is 0 Å². The summed E-state index contributed by atoms with van der Waals surface area (Å²) < 4.78 is 0. The molecule has 0 spiro atoms. The SMILES string of the molecule is CCCCCCCCCCC(=O)NC[C@H](CC)CC(C)C. The van der Waals surface area contributed by atoms with Crippen LogP contribution >= 0.6 is 0 Å². The maximum absolute atomic E-state index is 11.8. The van der Waals surface area contributed by atoms with Gasteiger partial charge in [-0.1, -0.05) is 79.1 Å². The highest BCUT2D eigenvalue weighted by atomic mass is 16.1. The molecule has 0 saturated heterocycles. The first kappa shape index (κ1) is 20.5. The van der Waals surface area contributed by atoms with Crippen molar-refractivity contribution in [2.75, 3.05) is 6.54 Å². The molecule has 0 aromatic rings. The average Bonchev–Trinajstić information content (AvgIpc) is 2.45. The molecule has 0 aliphatic heterocycles. The zero-order valence-corrected chi connectivity index (χ0v) is 15.0. The van der Waals surface area contributed by atoms with E-state index in [1.165, 1.54) is 51.4 Å². The summed E-state index contributed by atoms with van der Waals surface area (Å²) in [7, 11) is 0. The molecule has 0 aliphatic carbocycles. The number of carbonyl (C=O) groups excluding carboxylic acids is 1. The minimum absolute atomic E-state index is 0.253. The summed E-state index contributed by atoms with van der Waals surface area (Å²) in [5, 5.41) is 3.12. The van der Waals surface area contributed by atoms with E-state index in [9.17, 15) is 4.79 Å². The van der Waals surface area contributed by atoms with E-state index in [2.05, 4.69) is 33.0 Å². The molecule has 0 bridgehead atoms. The summed E-state index contributed by atoms with van der Waals surface area (Å²) in [4.78, 5) is 11.8. The van der Waals surface area contributed by atoms with Gasteiger partial charge in [0.15, 0.2) is 0 Å². The van der Waals surface area contributed by atoms with Gasteiger partial charge in [0.25, 0.3) is 0 Å². The Hall–Kier alpha value is -0.530. The Kier molecular flexibility index (Phi) is 14.0. The van der Waals surface area contributed by atoms with Crippen molar-refractivity contribution in [3.8, 4) is 0 Å². The molecular weight excluding hydrogens is 258 g/mol. The first-order valence-electron chi connectivity index (χ1n) is 9.36. The second-order valence-corrected chi connectivity index (χ2v) is 6.93. The summed E-state index contributed by atoms with van der Waals surface area (Å²) in [6, 6.07) is 0. The van der Waals surface area contributed by atoms with Crippen LogP contribution in [0.4, 0.5) is 0 Å². The van der Waals surface area contributed by atoms with Crippen LogP contribution < -0.4 is 5.32 Å². The Morgan fingerprint density at radius 3 is 2.00 bits per heavy atom. The monoisotopic (exact) mass is 297 g/mol. The highest BCUT2D eigenvalue weighted by Crippen LogP contribution is 2.14. The second-order valence-electron chi connectivity index (χ2n) is 6.93. The van der Waals surface area contributed by atoms with Crippen molar-refractivity contribution in [2.45, 2.75) is 98.3 Å². The molecule has 126 valence electrons. The number of unbranched alkanes of at least 4 members (excludes halogenated alkanes) is 7. The summed E-state index contributed by atoms with van der Waals surface area (Å²) in [5.74, 6) is 1.62. The van der Waals surface area contributed by atoms with Crippen molar-refractivity contribution in [1.29, 1.82) is 0 Å². The normalized spacial score (nSPS) is 12.6. The first-order chi connectivity index (χ1) is 10.1. The standard InChI is InChI=1S/C19H39NO/c1-5-7-8-9-10-11-12-13-14-19(21)20-16-18(6-2)15-17(3)4/h17-18H,5-16H2,1-4H3,(H,20,21)/t18-/m1/s1. The molecule has 0 rings (SSSR count). The maximum Gasteiger partial charge on any atom is 0.220 e. The molecule has 0 unspecified atom stereocenters. The molecular formula is C19H39NO. The van der Waals surface area contributed by atoms with E-state index in [1.807, 2.05) is 0 Å². The molecule has 0 heterocycles. The van der Waals surface area contributed by atoms with E-state index in [0.717, 1.165) is 25.3 Å². The van der Waals surface area contributed by atoms with Gasteiger partial charge in [-0.3, -0.25) is 4.79 Å². The minimum atomic E-state index is 0.253. The summed E-state index contributed by atoms with van der Waals surface area (Å²) in [5.41, 5.74) is 0. The lowest BCUT2D eigenvalue weighted by Crippen LogP contribution is -2.29. The van der Waals surface area contributed by atoms with Gasteiger partial charge in [-0.25, -0.2) is 0 Å². The van der Waals surface area contributed by atoms with Crippen LogP contribution in [0.3, 0.4) is 0 Å². The zero-order valence-electron chi connectivity index (χ0n) is 15.0. The Morgan fingerprint density at radius 1 is 0.905 bits per heavy atom. The van der Waals surface area contributed by atoms with Crippen molar-refractivity contribution in [2.24, 2.45) is 11.8 Å². The molecule has 0 aliphatic rings. The molecule has 0 radical (unpaired) electrons. The van der Waals surface area contributed by atoms with Crippen LogP contribution in [0.1, 0.15) is 98.3 Å². The van der Waals surface area contributed by atoms with Gasteiger partial charge in [0.2, 0.25) is 5.91 Å². The Labute approximate surface area is 133 Å². The van der Waals surface area contributed by atoms with E-state index >= 15 is 0 Å². The summed E-state index contributed by atoms with van der Waals surface area (Å²) >= 11 is 0. The molecule has 0 aromatic heterocycles. The lowest BCUT2D eigenvalue weighted by molar-refractivity contribution is -0.121. The fourth-order valence-corrected chi connectivity index (χ4v) is 2.83. The third-order valence-electron chi connectivity index (χ3n) is 4.23. The fraction of sp³-hybridized carbons (Fsp3) is 0.947. The number of amides is 1. The summed E-state index contributed by atoms with van der Waals surface area (Å²) in [6.45, 7) is 9.85. The fourth-order valence-electron chi connectivity index (χ4n) is 2.83. The van der Waals surface area contributed by atoms with E-state index in [-0.39, 0.29) is 5.91 Å². The zero-order chi connectivity index (χ0) is 15.9. The lowest BCUT2D eigenvalue weighted by atomic mass is 9.95. The second kappa shape index (κ2) is 14.4. The van der Waals surface area contributed by atoms with Crippen molar-refractivity contribution < 1.29 is 4.79 Å². The van der Waals surface area contributed by atoms with Crippen LogP contribution in [0.5, 0.6) is 0 Å². The summed E-state index contributed by atoms with van der Waals surface area (Å²) in [6.07, 6.45) is 13.4. The van der Waals surface area contributed by atoms with Crippen molar-refractivity contribution in [3.05, 3.63) is 0 Å². The van der Waals surface area contributed by atoms with Crippen LogP contribution in [0.15, 0.2) is 0 Å². The maximum atomic E-state index is 11.8. The van der Waals surface area contributed by atoms with Crippen molar-refractivity contribution in [3.63, 3.8) is 0 Å². The van der Waals surface area contributed by atoms with Crippen LogP contribution in [-0.2, 0) is 4.79 Å². The van der Waals surface area contributed by atoms with Gasteiger partial charge in [0.05, 0.1) is 0 Å².